The maximum Gasteiger partial charge on any atom is 0.373 e. The van der Waals surface area contributed by atoms with E-state index in [9.17, 15) is 9.59 Å². The van der Waals surface area contributed by atoms with Gasteiger partial charge in [-0.2, -0.15) is 0 Å². The van der Waals surface area contributed by atoms with Crippen LogP contribution in [0.3, 0.4) is 0 Å². The van der Waals surface area contributed by atoms with Crippen molar-refractivity contribution in [2.45, 2.75) is 6.92 Å². The summed E-state index contributed by atoms with van der Waals surface area (Å²) in [6.07, 6.45) is 0.940. The molecule has 0 amide bonds. The molecule has 0 aliphatic rings. The Kier molecular flexibility index (Phi) is 5.34. The average molecular weight is 188 g/mol. The van der Waals surface area contributed by atoms with Gasteiger partial charge in [-0.15, -0.1) is 0 Å². The van der Waals surface area contributed by atoms with E-state index in [1.807, 2.05) is 0 Å². The van der Waals surface area contributed by atoms with Crippen LogP contribution >= 0.6 is 0 Å². The van der Waals surface area contributed by atoms with Crippen LogP contribution in [-0.4, -0.2) is 32.8 Å². The van der Waals surface area contributed by atoms with E-state index in [1.54, 1.807) is 6.92 Å². The van der Waals surface area contributed by atoms with Gasteiger partial charge in [-0.05, 0) is 6.92 Å². The molecule has 0 aromatic heterocycles. The van der Waals surface area contributed by atoms with E-state index < -0.39 is 11.9 Å². The molecule has 0 heterocycles. The molecule has 0 atom stereocenters. The largest absolute Gasteiger partial charge is 0.487 e. The minimum atomic E-state index is -0.702. The Labute approximate surface area is 76.3 Å². The number of ether oxygens (including phenoxy) is 3. The zero-order valence-corrected chi connectivity index (χ0v) is 7.83. The summed E-state index contributed by atoms with van der Waals surface area (Å²) in [4.78, 5) is 21.7. The Hall–Kier alpha value is -1.52. The van der Waals surface area contributed by atoms with Crippen molar-refractivity contribution >= 4 is 11.9 Å². The lowest BCUT2D eigenvalue weighted by atomic mass is 10.4. The molecule has 0 saturated heterocycles. The van der Waals surface area contributed by atoms with E-state index in [-0.39, 0.29) is 12.4 Å². The van der Waals surface area contributed by atoms with E-state index in [4.69, 9.17) is 4.74 Å². The first-order valence-electron chi connectivity index (χ1n) is 3.66. The van der Waals surface area contributed by atoms with E-state index in [0.717, 1.165) is 6.08 Å². The van der Waals surface area contributed by atoms with Crippen LogP contribution in [0.5, 0.6) is 0 Å². The fourth-order valence-corrected chi connectivity index (χ4v) is 0.582. The number of carbonyl (C=O) groups is 2. The van der Waals surface area contributed by atoms with E-state index in [1.165, 1.54) is 14.2 Å². The molecule has 0 radical (unpaired) electrons. The van der Waals surface area contributed by atoms with Crippen LogP contribution < -0.4 is 0 Å². The molecule has 13 heavy (non-hydrogen) atoms. The summed E-state index contributed by atoms with van der Waals surface area (Å²) in [6, 6.07) is 0. The summed E-state index contributed by atoms with van der Waals surface area (Å²) in [5.74, 6) is -1.52. The molecule has 0 bridgehead atoms. The van der Waals surface area contributed by atoms with Crippen LogP contribution in [0, 0.1) is 0 Å². The first-order chi connectivity index (χ1) is 6.15. The van der Waals surface area contributed by atoms with Gasteiger partial charge in [0.1, 0.15) is 0 Å². The Morgan fingerprint density at radius 3 is 2.23 bits per heavy atom. The fourth-order valence-electron chi connectivity index (χ4n) is 0.582. The predicted octanol–water partition coefficient (Wildman–Crippen LogP) is 0.253. The fraction of sp³-hybridized carbons (Fsp3) is 0.500. The van der Waals surface area contributed by atoms with Gasteiger partial charge in [0.15, 0.2) is 0 Å². The smallest absolute Gasteiger partial charge is 0.373 e. The van der Waals surface area contributed by atoms with E-state index in [2.05, 4.69) is 9.47 Å². The molecule has 0 aliphatic carbocycles. The van der Waals surface area contributed by atoms with Gasteiger partial charge in [-0.25, -0.2) is 9.59 Å². The molecule has 0 N–H and O–H groups in total. The second-order valence-corrected chi connectivity index (χ2v) is 1.96. The average Bonchev–Trinajstić information content (AvgIpc) is 2.15. The lowest BCUT2D eigenvalue weighted by Crippen LogP contribution is -2.11. The molecule has 0 unspecified atom stereocenters. The normalized spacial score (nSPS) is 10.5. The highest BCUT2D eigenvalue weighted by molar-refractivity contribution is 5.94. The Bertz CT molecular complexity index is 219. The van der Waals surface area contributed by atoms with Crippen LogP contribution in [0.1, 0.15) is 6.92 Å². The lowest BCUT2D eigenvalue weighted by molar-refractivity contribution is -0.142. The van der Waals surface area contributed by atoms with Crippen molar-refractivity contribution in [2.24, 2.45) is 0 Å². The summed E-state index contributed by atoms with van der Waals surface area (Å²) in [7, 11) is 2.41. The second-order valence-electron chi connectivity index (χ2n) is 1.96. The van der Waals surface area contributed by atoms with Crippen molar-refractivity contribution in [1.82, 2.24) is 0 Å². The minimum Gasteiger partial charge on any atom is -0.487 e. The van der Waals surface area contributed by atoms with Crippen LogP contribution in [0.15, 0.2) is 11.8 Å². The van der Waals surface area contributed by atoms with Crippen LogP contribution in [0.4, 0.5) is 0 Å². The number of hydrogen-bond donors (Lipinski definition) is 0. The SMILES string of the molecule is CCO/C(=C/C(=O)OC)C(=O)OC. The lowest BCUT2D eigenvalue weighted by Gasteiger charge is -2.04. The molecule has 0 saturated carbocycles. The summed E-state index contributed by atoms with van der Waals surface area (Å²) >= 11 is 0. The van der Waals surface area contributed by atoms with Crippen molar-refractivity contribution in [3.63, 3.8) is 0 Å². The van der Waals surface area contributed by atoms with Gasteiger partial charge >= 0.3 is 11.9 Å². The van der Waals surface area contributed by atoms with E-state index >= 15 is 0 Å². The van der Waals surface area contributed by atoms with Crippen LogP contribution in [0.25, 0.3) is 0 Å². The van der Waals surface area contributed by atoms with E-state index in [0.29, 0.717) is 0 Å². The zero-order chi connectivity index (χ0) is 10.3. The Morgan fingerprint density at radius 1 is 1.23 bits per heavy atom. The topological polar surface area (TPSA) is 61.8 Å². The Balaban J connectivity index is 4.48. The van der Waals surface area contributed by atoms with Crippen molar-refractivity contribution in [2.75, 3.05) is 20.8 Å². The molecule has 5 nitrogen and oxygen atoms in total. The maximum absolute atomic E-state index is 10.9. The molecule has 74 valence electrons. The first-order valence-corrected chi connectivity index (χ1v) is 3.66. The molecule has 0 aromatic rings. The second kappa shape index (κ2) is 6.05. The highest BCUT2D eigenvalue weighted by Crippen LogP contribution is 2.00. The van der Waals surface area contributed by atoms with Crippen molar-refractivity contribution in [1.29, 1.82) is 0 Å². The van der Waals surface area contributed by atoms with Crippen LogP contribution in [-0.2, 0) is 23.8 Å². The van der Waals surface area contributed by atoms with Gasteiger partial charge in [0.2, 0.25) is 5.76 Å². The summed E-state index contributed by atoms with van der Waals surface area (Å²) in [6.45, 7) is 1.96. The molecular weight excluding hydrogens is 176 g/mol. The van der Waals surface area contributed by atoms with Gasteiger partial charge in [0.25, 0.3) is 0 Å². The first kappa shape index (κ1) is 11.5. The summed E-state index contributed by atoms with van der Waals surface area (Å²) in [5.41, 5.74) is 0. The molecule has 0 spiro atoms. The van der Waals surface area contributed by atoms with Gasteiger partial charge in [0.05, 0.1) is 26.9 Å². The highest BCUT2D eigenvalue weighted by Gasteiger charge is 2.12. The number of rotatable bonds is 4. The van der Waals surface area contributed by atoms with Crippen LogP contribution in [0.2, 0.25) is 0 Å². The number of carbonyl (C=O) groups excluding carboxylic acids is 2. The van der Waals surface area contributed by atoms with Crippen molar-refractivity contribution in [3.8, 4) is 0 Å². The third-order valence-corrected chi connectivity index (χ3v) is 1.14. The molecular formula is C8H12O5. The molecule has 5 heteroatoms. The van der Waals surface area contributed by atoms with Gasteiger partial charge in [-0.1, -0.05) is 0 Å². The number of esters is 2. The minimum absolute atomic E-state index is 0.156. The quantitative estimate of drug-likeness (QED) is 0.359. The molecule has 0 aromatic carbocycles. The third kappa shape index (κ3) is 4.15. The predicted molar refractivity (Wildman–Crippen MR) is 43.7 cm³/mol. The molecule has 0 rings (SSSR count). The number of methoxy groups -OCH3 is 2. The summed E-state index contributed by atoms with van der Waals surface area (Å²) < 4.78 is 13.5. The van der Waals surface area contributed by atoms with Gasteiger partial charge in [0, 0.05) is 0 Å². The monoisotopic (exact) mass is 188 g/mol. The molecule has 0 fully saturated rings. The van der Waals surface area contributed by atoms with Crippen molar-refractivity contribution in [3.05, 3.63) is 11.8 Å². The zero-order valence-electron chi connectivity index (χ0n) is 7.83. The van der Waals surface area contributed by atoms with Gasteiger partial charge in [-0.3, -0.25) is 0 Å². The maximum atomic E-state index is 10.9. The molecule has 0 aliphatic heterocycles. The van der Waals surface area contributed by atoms with Gasteiger partial charge < -0.3 is 14.2 Å². The van der Waals surface area contributed by atoms with Crippen molar-refractivity contribution < 1.29 is 23.8 Å². The Morgan fingerprint density at radius 2 is 1.85 bits per heavy atom. The third-order valence-electron chi connectivity index (χ3n) is 1.14. The standard InChI is InChI=1S/C8H12O5/c1-4-13-6(8(10)12-3)5-7(9)11-2/h5H,4H2,1-3H3/b6-5+. The highest BCUT2D eigenvalue weighted by atomic mass is 16.6. The number of hydrogen-bond acceptors (Lipinski definition) is 5. The summed E-state index contributed by atoms with van der Waals surface area (Å²) in [5, 5.41) is 0.